The van der Waals surface area contributed by atoms with Crippen molar-refractivity contribution in [1.82, 2.24) is 14.8 Å². The smallest absolute Gasteiger partial charge is 0.234 e. The minimum Gasteiger partial charge on any atom is -0.325 e. The first-order chi connectivity index (χ1) is 10.1. The monoisotopic (exact) mass is 304 g/mol. The maximum Gasteiger partial charge on any atom is 0.234 e. The summed E-state index contributed by atoms with van der Waals surface area (Å²) in [4.78, 5) is 11.9. The number of benzene rings is 1. The van der Waals surface area contributed by atoms with Crippen LogP contribution in [0.2, 0.25) is 0 Å². The van der Waals surface area contributed by atoms with Crippen molar-refractivity contribution in [2.75, 3.05) is 11.1 Å². The molecule has 1 aromatic heterocycles. The van der Waals surface area contributed by atoms with Gasteiger partial charge in [0.25, 0.3) is 0 Å². The zero-order chi connectivity index (χ0) is 15.2. The number of nitrogens with one attached hydrogen (secondary N) is 1. The van der Waals surface area contributed by atoms with E-state index in [1.807, 2.05) is 30.3 Å². The molecule has 5 nitrogen and oxygen atoms in total. The highest BCUT2D eigenvalue weighted by molar-refractivity contribution is 7.99. The summed E-state index contributed by atoms with van der Waals surface area (Å²) in [5, 5.41) is 12.0. The molecule has 6 heteroatoms. The zero-order valence-corrected chi connectivity index (χ0v) is 13.4. The Bertz CT molecular complexity index is 595. The van der Waals surface area contributed by atoms with Gasteiger partial charge in [-0.05, 0) is 19.1 Å². The van der Waals surface area contributed by atoms with Gasteiger partial charge in [0.15, 0.2) is 5.16 Å². The minimum atomic E-state index is -0.0389. The predicted molar refractivity (Wildman–Crippen MR) is 85.6 cm³/mol. The molecule has 0 unspecified atom stereocenters. The van der Waals surface area contributed by atoms with Crippen molar-refractivity contribution in [2.45, 2.75) is 38.4 Å². The van der Waals surface area contributed by atoms with Gasteiger partial charge in [0, 0.05) is 18.2 Å². The van der Waals surface area contributed by atoms with E-state index in [0.29, 0.717) is 11.7 Å². The third-order valence-electron chi connectivity index (χ3n) is 2.97. The summed E-state index contributed by atoms with van der Waals surface area (Å²) in [5.41, 5.74) is 0.808. The van der Waals surface area contributed by atoms with Crippen LogP contribution in [0.25, 0.3) is 0 Å². The molecular formula is C15H20N4OS. The van der Waals surface area contributed by atoms with Crippen LogP contribution in [-0.2, 0) is 11.3 Å². The average molecular weight is 304 g/mol. The number of amides is 1. The number of nitrogens with zero attached hydrogens (tertiary/aromatic N) is 3. The largest absolute Gasteiger partial charge is 0.325 e. The summed E-state index contributed by atoms with van der Waals surface area (Å²) in [6.45, 7) is 7.05. The topological polar surface area (TPSA) is 59.8 Å². The number of hydrogen-bond donors (Lipinski definition) is 1. The number of rotatable bonds is 6. The molecule has 0 bridgehead atoms. The SMILES string of the molecule is CCn1c(SCC(=O)Nc2ccccc2)nnc1C(C)C. The van der Waals surface area contributed by atoms with Crippen LogP contribution in [0.4, 0.5) is 5.69 Å². The van der Waals surface area contributed by atoms with Gasteiger partial charge < -0.3 is 9.88 Å². The van der Waals surface area contributed by atoms with Crippen molar-refractivity contribution < 1.29 is 4.79 Å². The third kappa shape index (κ3) is 4.07. The first-order valence-electron chi connectivity index (χ1n) is 7.02. The Morgan fingerprint density at radius 2 is 2.00 bits per heavy atom. The van der Waals surface area contributed by atoms with Gasteiger partial charge in [0.2, 0.25) is 5.91 Å². The normalized spacial score (nSPS) is 10.9. The maximum atomic E-state index is 11.9. The fraction of sp³-hybridized carbons (Fsp3) is 0.400. The Kier molecular flexibility index (Phi) is 5.38. The van der Waals surface area contributed by atoms with Crippen molar-refractivity contribution in [1.29, 1.82) is 0 Å². The molecule has 2 rings (SSSR count). The summed E-state index contributed by atoms with van der Waals surface area (Å²) < 4.78 is 2.06. The molecule has 1 heterocycles. The third-order valence-corrected chi connectivity index (χ3v) is 3.93. The lowest BCUT2D eigenvalue weighted by Gasteiger charge is -2.09. The number of thioether (sulfide) groups is 1. The molecule has 112 valence electrons. The molecule has 0 fully saturated rings. The van der Waals surface area contributed by atoms with Crippen LogP contribution in [0.15, 0.2) is 35.5 Å². The molecule has 0 saturated carbocycles. The number of carbonyl (C=O) groups is 1. The van der Waals surface area contributed by atoms with E-state index >= 15 is 0 Å². The summed E-state index contributed by atoms with van der Waals surface area (Å²) in [6, 6.07) is 9.44. The van der Waals surface area contributed by atoms with Gasteiger partial charge in [-0.15, -0.1) is 10.2 Å². The standard InChI is InChI=1S/C15H20N4OS/c1-4-19-14(11(2)3)17-18-15(19)21-10-13(20)16-12-8-6-5-7-9-12/h5-9,11H,4,10H2,1-3H3,(H,16,20). The summed E-state index contributed by atoms with van der Waals surface area (Å²) in [7, 11) is 0. The van der Waals surface area contributed by atoms with E-state index in [1.165, 1.54) is 11.8 Å². The second kappa shape index (κ2) is 7.26. The molecule has 0 aliphatic rings. The van der Waals surface area contributed by atoms with Gasteiger partial charge >= 0.3 is 0 Å². The van der Waals surface area contributed by atoms with E-state index in [9.17, 15) is 4.79 Å². The Morgan fingerprint density at radius 3 is 2.62 bits per heavy atom. The van der Waals surface area contributed by atoms with Crippen molar-refractivity contribution in [3.05, 3.63) is 36.2 Å². The number of carbonyl (C=O) groups excluding carboxylic acids is 1. The Labute approximate surface area is 129 Å². The van der Waals surface area contributed by atoms with Crippen molar-refractivity contribution in [3.8, 4) is 0 Å². The van der Waals surface area contributed by atoms with Crippen LogP contribution in [0.1, 0.15) is 32.5 Å². The van der Waals surface area contributed by atoms with E-state index in [1.54, 1.807) is 0 Å². The van der Waals surface area contributed by atoms with E-state index in [-0.39, 0.29) is 5.91 Å². The first-order valence-corrected chi connectivity index (χ1v) is 8.01. The van der Waals surface area contributed by atoms with E-state index in [4.69, 9.17) is 0 Å². The second-order valence-electron chi connectivity index (χ2n) is 4.94. The van der Waals surface area contributed by atoms with Crippen LogP contribution in [-0.4, -0.2) is 26.4 Å². The highest BCUT2D eigenvalue weighted by atomic mass is 32.2. The summed E-state index contributed by atoms with van der Waals surface area (Å²) in [5.74, 6) is 1.57. The first kappa shape index (κ1) is 15.6. The second-order valence-corrected chi connectivity index (χ2v) is 5.89. The van der Waals surface area contributed by atoms with E-state index in [0.717, 1.165) is 23.2 Å². The van der Waals surface area contributed by atoms with E-state index in [2.05, 4.69) is 40.9 Å². The summed E-state index contributed by atoms with van der Waals surface area (Å²) >= 11 is 1.41. The quantitative estimate of drug-likeness (QED) is 0.833. The van der Waals surface area contributed by atoms with Gasteiger partial charge in [-0.25, -0.2) is 0 Å². The van der Waals surface area contributed by atoms with E-state index < -0.39 is 0 Å². The molecule has 21 heavy (non-hydrogen) atoms. The maximum absolute atomic E-state index is 11.9. The molecule has 1 N–H and O–H groups in total. The van der Waals surface area contributed by atoms with Gasteiger partial charge in [-0.3, -0.25) is 4.79 Å². The molecule has 0 aliphatic carbocycles. The van der Waals surface area contributed by atoms with Gasteiger partial charge in [0.1, 0.15) is 5.82 Å². The fourth-order valence-electron chi connectivity index (χ4n) is 1.98. The molecule has 1 aromatic carbocycles. The number of para-hydroxylation sites is 1. The van der Waals surface area contributed by atoms with Crippen molar-refractivity contribution >= 4 is 23.4 Å². The summed E-state index contributed by atoms with van der Waals surface area (Å²) in [6.07, 6.45) is 0. The minimum absolute atomic E-state index is 0.0389. The van der Waals surface area contributed by atoms with Gasteiger partial charge in [0.05, 0.1) is 5.75 Å². The molecular weight excluding hydrogens is 284 g/mol. The predicted octanol–water partition coefficient (Wildman–Crippen LogP) is 3.15. The lowest BCUT2D eigenvalue weighted by atomic mass is 10.2. The molecule has 0 atom stereocenters. The molecule has 2 aromatic rings. The molecule has 0 aliphatic heterocycles. The molecule has 0 saturated heterocycles. The van der Waals surface area contributed by atoms with Crippen molar-refractivity contribution in [3.63, 3.8) is 0 Å². The van der Waals surface area contributed by atoms with Crippen molar-refractivity contribution in [2.24, 2.45) is 0 Å². The number of aromatic nitrogens is 3. The zero-order valence-electron chi connectivity index (χ0n) is 12.5. The Balaban J connectivity index is 1.95. The number of hydrogen-bond acceptors (Lipinski definition) is 4. The highest BCUT2D eigenvalue weighted by Gasteiger charge is 2.15. The van der Waals surface area contributed by atoms with Crippen LogP contribution < -0.4 is 5.32 Å². The lowest BCUT2D eigenvalue weighted by molar-refractivity contribution is -0.113. The lowest BCUT2D eigenvalue weighted by Crippen LogP contribution is -2.14. The van der Waals surface area contributed by atoms with Gasteiger partial charge in [-0.1, -0.05) is 43.8 Å². The Hall–Kier alpha value is -1.82. The van der Waals surface area contributed by atoms with Crippen LogP contribution in [0.5, 0.6) is 0 Å². The molecule has 0 radical (unpaired) electrons. The highest BCUT2D eigenvalue weighted by Crippen LogP contribution is 2.21. The average Bonchev–Trinajstić information content (AvgIpc) is 2.89. The Morgan fingerprint density at radius 1 is 1.29 bits per heavy atom. The van der Waals surface area contributed by atoms with Gasteiger partial charge in [-0.2, -0.15) is 0 Å². The molecule has 0 spiro atoms. The van der Waals surface area contributed by atoms with Crippen LogP contribution in [0, 0.1) is 0 Å². The van der Waals surface area contributed by atoms with Crippen LogP contribution >= 0.6 is 11.8 Å². The molecule has 1 amide bonds. The fourth-order valence-corrected chi connectivity index (χ4v) is 2.79. The number of anilines is 1. The van der Waals surface area contributed by atoms with Crippen LogP contribution in [0.3, 0.4) is 0 Å².